The highest BCUT2D eigenvalue weighted by Crippen LogP contribution is 2.27. The van der Waals surface area contributed by atoms with E-state index < -0.39 is 5.91 Å². The van der Waals surface area contributed by atoms with Crippen molar-refractivity contribution in [3.8, 4) is 5.75 Å². The van der Waals surface area contributed by atoms with Gasteiger partial charge in [0.05, 0.1) is 27.4 Å². The number of hydrogen-bond acceptors (Lipinski definition) is 5. The number of nitrogens with zero attached hydrogens (tertiary/aromatic N) is 2. The van der Waals surface area contributed by atoms with Gasteiger partial charge in [0, 0.05) is 11.6 Å². The van der Waals surface area contributed by atoms with Gasteiger partial charge < -0.3 is 14.0 Å². The molecule has 0 spiro atoms. The molecule has 1 heterocycles. The maximum absolute atomic E-state index is 12.3. The van der Waals surface area contributed by atoms with Gasteiger partial charge >= 0.3 is 5.97 Å². The molecule has 0 fully saturated rings. The topological polar surface area (TPSA) is 69.9 Å². The normalized spacial score (nSPS) is 11.7. The lowest BCUT2D eigenvalue weighted by Crippen LogP contribution is -2.18. The van der Waals surface area contributed by atoms with E-state index in [0.29, 0.717) is 39.3 Å². The van der Waals surface area contributed by atoms with Crippen molar-refractivity contribution in [2.75, 3.05) is 13.2 Å². The Morgan fingerprint density at radius 2 is 1.93 bits per heavy atom. The summed E-state index contributed by atoms with van der Waals surface area (Å²) in [6.07, 6.45) is 0. The first kappa shape index (κ1) is 21.4. The smallest absolute Gasteiger partial charge is 0.338 e. The van der Waals surface area contributed by atoms with E-state index in [1.54, 1.807) is 31.2 Å². The zero-order chi connectivity index (χ0) is 21.0. The van der Waals surface area contributed by atoms with Gasteiger partial charge in [-0.15, -0.1) is 0 Å². The van der Waals surface area contributed by atoms with Gasteiger partial charge in [0.2, 0.25) is 0 Å². The Bertz CT molecular complexity index is 1140. The first-order valence-electron chi connectivity index (χ1n) is 8.88. The fourth-order valence-corrected chi connectivity index (χ4v) is 4.29. The summed E-state index contributed by atoms with van der Waals surface area (Å²) in [5.41, 5.74) is 1.35. The second-order valence-corrected chi connectivity index (χ2v) is 7.75. The van der Waals surface area contributed by atoms with Crippen LogP contribution < -0.4 is 9.54 Å². The van der Waals surface area contributed by atoms with Crippen molar-refractivity contribution >= 4 is 56.6 Å². The van der Waals surface area contributed by atoms with Gasteiger partial charge in [0.25, 0.3) is 5.91 Å². The lowest BCUT2D eigenvalue weighted by molar-refractivity contribution is -0.120. The van der Waals surface area contributed by atoms with Gasteiger partial charge in [-0.25, -0.2) is 4.79 Å². The van der Waals surface area contributed by atoms with Crippen LogP contribution in [0.3, 0.4) is 0 Å². The third-order valence-electron chi connectivity index (χ3n) is 3.98. The molecular weight excluding hydrogens is 435 g/mol. The Morgan fingerprint density at radius 3 is 2.62 bits per heavy atom. The lowest BCUT2D eigenvalue weighted by Gasteiger charge is -2.05. The zero-order valence-electron chi connectivity index (χ0n) is 15.8. The first-order valence-corrected chi connectivity index (χ1v) is 10.5. The van der Waals surface area contributed by atoms with Crippen LogP contribution in [0, 0.1) is 0 Å². The SMILES string of the molecule is CCOC(=O)c1ccc2c(c1)sc(=NC(=O)COc1ccc(Cl)cc1Cl)n2CC. The minimum atomic E-state index is -0.449. The summed E-state index contributed by atoms with van der Waals surface area (Å²) in [6.45, 7) is 4.39. The Hall–Kier alpha value is -2.35. The maximum atomic E-state index is 12.3. The summed E-state index contributed by atoms with van der Waals surface area (Å²) in [7, 11) is 0. The molecule has 3 aromatic rings. The number of ether oxygens (including phenoxy) is 2. The van der Waals surface area contributed by atoms with Crippen LogP contribution in [0.2, 0.25) is 10.0 Å². The summed E-state index contributed by atoms with van der Waals surface area (Å²) in [4.78, 5) is 29.0. The molecule has 0 unspecified atom stereocenters. The van der Waals surface area contributed by atoms with E-state index >= 15 is 0 Å². The van der Waals surface area contributed by atoms with E-state index in [1.165, 1.54) is 17.4 Å². The molecule has 2 aromatic carbocycles. The molecule has 1 aromatic heterocycles. The number of benzene rings is 2. The predicted octanol–water partition coefficient (Wildman–Crippen LogP) is 4.71. The van der Waals surface area contributed by atoms with Gasteiger partial charge in [-0.3, -0.25) is 4.79 Å². The third-order valence-corrected chi connectivity index (χ3v) is 5.55. The number of aryl methyl sites for hydroxylation is 1. The summed E-state index contributed by atoms with van der Waals surface area (Å²) in [5, 5.41) is 0.803. The molecule has 0 saturated heterocycles. The van der Waals surface area contributed by atoms with Crippen molar-refractivity contribution in [3.05, 3.63) is 56.8 Å². The molecule has 9 heteroatoms. The fourth-order valence-electron chi connectivity index (χ4n) is 2.68. The van der Waals surface area contributed by atoms with E-state index in [9.17, 15) is 9.59 Å². The Kier molecular flexibility index (Phi) is 6.95. The summed E-state index contributed by atoms with van der Waals surface area (Å²) < 4.78 is 13.2. The number of amides is 1. The number of esters is 1. The molecule has 0 radical (unpaired) electrons. The largest absolute Gasteiger partial charge is 0.482 e. The van der Waals surface area contributed by atoms with Crippen LogP contribution in [0.25, 0.3) is 10.2 Å². The molecular formula is C20H18Cl2N2O4S. The average Bonchev–Trinajstić information content (AvgIpc) is 3.03. The van der Waals surface area contributed by atoms with Crippen LogP contribution in [0.4, 0.5) is 0 Å². The lowest BCUT2D eigenvalue weighted by atomic mass is 10.2. The van der Waals surface area contributed by atoms with Crippen LogP contribution >= 0.6 is 34.5 Å². The highest BCUT2D eigenvalue weighted by Gasteiger charge is 2.12. The van der Waals surface area contributed by atoms with Crippen LogP contribution in [-0.4, -0.2) is 29.7 Å². The summed E-state index contributed by atoms with van der Waals surface area (Å²) >= 11 is 13.2. The standard InChI is InChI=1S/C20H18Cl2N2O4S/c1-3-24-15-7-5-12(19(26)27-4-2)9-17(15)29-20(24)23-18(25)11-28-16-8-6-13(21)10-14(16)22/h5-10H,3-4,11H2,1-2H3. The van der Waals surface area contributed by atoms with Crippen LogP contribution in [0.5, 0.6) is 5.75 Å². The van der Waals surface area contributed by atoms with E-state index in [4.69, 9.17) is 32.7 Å². The van der Waals surface area contributed by atoms with Crippen molar-refractivity contribution in [2.45, 2.75) is 20.4 Å². The Balaban J connectivity index is 1.86. The highest BCUT2D eigenvalue weighted by atomic mass is 35.5. The predicted molar refractivity (Wildman–Crippen MR) is 114 cm³/mol. The third kappa shape index (κ3) is 4.98. The van der Waals surface area contributed by atoms with Gasteiger partial charge in [-0.05, 0) is 50.2 Å². The van der Waals surface area contributed by atoms with Crippen LogP contribution in [-0.2, 0) is 16.1 Å². The van der Waals surface area contributed by atoms with Crippen LogP contribution in [0.1, 0.15) is 24.2 Å². The molecule has 0 atom stereocenters. The molecule has 0 aliphatic rings. The second-order valence-electron chi connectivity index (χ2n) is 5.90. The number of halogens is 2. The fraction of sp³-hybridized carbons (Fsp3) is 0.250. The number of rotatable bonds is 6. The van der Waals surface area contributed by atoms with E-state index in [0.717, 1.165) is 10.2 Å². The number of fused-ring (bicyclic) bond motifs is 1. The summed E-state index contributed by atoms with van der Waals surface area (Å²) in [6, 6.07) is 10.0. The van der Waals surface area contributed by atoms with Gasteiger partial charge in [-0.1, -0.05) is 34.5 Å². The minimum Gasteiger partial charge on any atom is -0.482 e. The first-order chi connectivity index (χ1) is 13.9. The second kappa shape index (κ2) is 9.43. The monoisotopic (exact) mass is 452 g/mol. The molecule has 29 heavy (non-hydrogen) atoms. The van der Waals surface area contributed by atoms with Crippen molar-refractivity contribution < 1.29 is 19.1 Å². The molecule has 0 bridgehead atoms. The molecule has 1 amide bonds. The van der Waals surface area contributed by atoms with E-state index in [1.807, 2.05) is 17.6 Å². The van der Waals surface area contributed by atoms with Crippen molar-refractivity contribution in [1.82, 2.24) is 4.57 Å². The number of aromatic nitrogens is 1. The van der Waals surface area contributed by atoms with Crippen LogP contribution in [0.15, 0.2) is 41.4 Å². The van der Waals surface area contributed by atoms with E-state index in [2.05, 4.69) is 4.99 Å². The van der Waals surface area contributed by atoms with Gasteiger partial charge in [0.15, 0.2) is 11.4 Å². The summed E-state index contributed by atoms with van der Waals surface area (Å²) in [5.74, 6) is -0.470. The molecule has 152 valence electrons. The number of hydrogen-bond donors (Lipinski definition) is 0. The highest BCUT2D eigenvalue weighted by molar-refractivity contribution is 7.16. The number of carbonyl (C=O) groups is 2. The minimum absolute atomic E-state index is 0.257. The van der Waals surface area contributed by atoms with Crippen molar-refractivity contribution in [2.24, 2.45) is 4.99 Å². The average molecular weight is 453 g/mol. The molecule has 0 N–H and O–H groups in total. The molecule has 0 aliphatic carbocycles. The Morgan fingerprint density at radius 1 is 1.14 bits per heavy atom. The molecule has 6 nitrogen and oxygen atoms in total. The zero-order valence-corrected chi connectivity index (χ0v) is 18.1. The number of thiazole rings is 1. The number of carbonyl (C=O) groups excluding carboxylic acids is 2. The molecule has 3 rings (SSSR count). The van der Waals surface area contributed by atoms with Crippen molar-refractivity contribution in [3.63, 3.8) is 0 Å². The van der Waals surface area contributed by atoms with Gasteiger partial charge in [-0.2, -0.15) is 4.99 Å². The Labute approximate surface area is 181 Å². The van der Waals surface area contributed by atoms with Gasteiger partial charge in [0.1, 0.15) is 5.75 Å². The molecule has 0 saturated carbocycles. The van der Waals surface area contributed by atoms with Crippen molar-refractivity contribution in [1.29, 1.82) is 0 Å². The maximum Gasteiger partial charge on any atom is 0.338 e. The molecule has 0 aliphatic heterocycles. The quantitative estimate of drug-likeness (QED) is 0.507. The van der Waals surface area contributed by atoms with E-state index in [-0.39, 0.29) is 12.6 Å².